The first kappa shape index (κ1) is 11.3. The summed E-state index contributed by atoms with van der Waals surface area (Å²) in [6.07, 6.45) is -0.649. The predicted molar refractivity (Wildman–Crippen MR) is 76.7 cm³/mol. The molecule has 0 aliphatic heterocycles. The molecule has 18 heavy (non-hydrogen) atoms. The third-order valence-corrected chi connectivity index (χ3v) is 4.27. The van der Waals surface area contributed by atoms with Crippen molar-refractivity contribution in [2.24, 2.45) is 0 Å². The zero-order chi connectivity index (χ0) is 12.5. The number of anilines is 1. The quantitative estimate of drug-likeness (QED) is 0.735. The Morgan fingerprint density at radius 3 is 2.33 bits per heavy atom. The van der Waals surface area contributed by atoms with Crippen LogP contribution >= 0.6 is 11.3 Å². The fourth-order valence-corrected chi connectivity index (χ4v) is 3.21. The van der Waals surface area contributed by atoms with Crippen LogP contribution in [0, 0.1) is 0 Å². The molecule has 1 atom stereocenters. The van der Waals surface area contributed by atoms with Gasteiger partial charge in [-0.05, 0) is 11.6 Å². The Morgan fingerprint density at radius 2 is 1.61 bits per heavy atom. The summed E-state index contributed by atoms with van der Waals surface area (Å²) in [5.74, 6) is 0. The number of rotatable bonds is 2. The van der Waals surface area contributed by atoms with Gasteiger partial charge in [0.15, 0.2) is 0 Å². The molecule has 0 spiro atoms. The van der Waals surface area contributed by atoms with Crippen LogP contribution in [0.2, 0.25) is 0 Å². The van der Waals surface area contributed by atoms with E-state index in [4.69, 9.17) is 5.73 Å². The zero-order valence-electron chi connectivity index (χ0n) is 9.71. The van der Waals surface area contributed by atoms with E-state index in [2.05, 4.69) is 0 Å². The first-order chi connectivity index (χ1) is 8.77. The van der Waals surface area contributed by atoms with E-state index in [-0.39, 0.29) is 0 Å². The highest BCUT2D eigenvalue weighted by molar-refractivity contribution is 7.19. The van der Waals surface area contributed by atoms with Gasteiger partial charge in [-0.2, -0.15) is 0 Å². The average Bonchev–Trinajstić information content (AvgIpc) is 2.77. The van der Waals surface area contributed by atoms with E-state index >= 15 is 0 Å². The second kappa shape index (κ2) is 4.44. The lowest BCUT2D eigenvalue weighted by molar-refractivity contribution is 0.225. The summed E-state index contributed by atoms with van der Waals surface area (Å²) in [6.45, 7) is 0. The highest BCUT2D eigenvalue weighted by Crippen LogP contribution is 2.39. The third-order valence-electron chi connectivity index (χ3n) is 3.03. The van der Waals surface area contributed by atoms with E-state index < -0.39 is 6.10 Å². The van der Waals surface area contributed by atoms with E-state index in [0.29, 0.717) is 5.69 Å². The third kappa shape index (κ3) is 1.78. The Hall–Kier alpha value is -1.84. The lowest BCUT2D eigenvalue weighted by Crippen LogP contribution is -2.00. The Morgan fingerprint density at radius 1 is 0.944 bits per heavy atom. The molecule has 0 aliphatic rings. The smallest absolute Gasteiger partial charge is 0.115 e. The first-order valence-corrected chi connectivity index (χ1v) is 6.59. The highest BCUT2D eigenvalue weighted by atomic mass is 32.1. The summed E-state index contributed by atoms with van der Waals surface area (Å²) in [7, 11) is 0. The molecule has 90 valence electrons. The summed E-state index contributed by atoms with van der Waals surface area (Å²) in [5.41, 5.74) is 7.69. The van der Waals surface area contributed by atoms with E-state index in [1.54, 1.807) is 11.3 Å². The molecular weight excluding hydrogens is 242 g/mol. The lowest BCUT2D eigenvalue weighted by atomic mass is 10.1. The molecular formula is C15H13NOS. The van der Waals surface area contributed by atoms with Gasteiger partial charge in [0, 0.05) is 10.1 Å². The molecule has 1 aromatic heterocycles. The average molecular weight is 255 g/mol. The molecule has 0 saturated heterocycles. The van der Waals surface area contributed by atoms with Crippen molar-refractivity contribution in [1.29, 1.82) is 0 Å². The van der Waals surface area contributed by atoms with Crippen molar-refractivity contribution in [2.45, 2.75) is 6.10 Å². The first-order valence-electron chi connectivity index (χ1n) is 5.77. The minimum absolute atomic E-state index is 0.649. The van der Waals surface area contributed by atoms with Crippen molar-refractivity contribution in [3.63, 3.8) is 0 Å². The van der Waals surface area contributed by atoms with Crippen molar-refractivity contribution in [3.8, 4) is 0 Å². The molecule has 0 radical (unpaired) electrons. The summed E-state index contributed by atoms with van der Waals surface area (Å²) < 4.78 is 1.11. The van der Waals surface area contributed by atoms with Crippen molar-refractivity contribution in [3.05, 3.63) is 65.0 Å². The number of aliphatic hydroxyl groups excluding tert-OH is 1. The zero-order valence-corrected chi connectivity index (χ0v) is 10.5. The van der Waals surface area contributed by atoms with Gasteiger partial charge in [0.25, 0.3) is 0 Å². The van der Waals surface area contributed by atoms with Crippen LogP contribution in [0.3, 0.4) is 0 Å². The van der Waals surface area contributed by atoms with Crippen molar-refractivity contribution >= 4 is 27.1 Å². The molecule has 3 rings (SSSR count). The van der Waals surface area contributed by atoms with Gasteiger partial charge in [-0.3, -0.25) is 0 Å². The van der Waals surface area contributed by atoms with E-state index in [1.165, 1.54) is 0 Å². The fourth-order valence-electron chi connectivity index (χ4n) is 2.07. The van der Waals surface area contributed by atoms with Crippen LogP contribution in [-0.4, -0.2) is 5.11 Å². The standard InChI is InChI=1S/C15H13NOS/c16-13-11-8-4-5-9-12(11)18-15(13)14(17)10-6-2-1-3-7-10/h1-9,14,17H,16H2. The fraction of sp³-hybridized carbons (Fsp3) is 0.0667. The van der Waals surface area contributed by atoms with E-state index in [9.17, 15) is 5.11 Å². The Bertz CT molecular complexity index is 675. The largest absolute Gasteiger partial charge is 0.397 e. The van der Waals surface area contributed by atoms with Crippen molar-refractivity contribution in [2.75, 3.05) is 5.73 Å². The van der Waals surface area contributed by atoms with E-state index in [0.717, 1.165) is 20.5 Å². The number of hydrogen-bond donors (Lipinski definition) is 2. The van der Waals surface area contributed by atoms with Gasteiger partial charge in [0.1, 0.15) is 6.10 Å². The number of thiophene rings is 1. The van der Waals surface area contributed by atoms with Gasteiger partial charge in [-0.25, -0.2) is 0 Å². The Kier molecular flexibility index (Phi) is 2.78. The number of hydrogen-bond acceptors (Lipinski definition) is 3. The summed E-state index contributed by atoms with van der Waals surface area (Å²) in [5, 5.41) is 11.4. The molecule has 0 bridgehead atoms. The van der Waals surface area contributed by atoms with Crippen LogP contribution < -0.4 is 5.73 Å². The predicted octanol–water partition coefficient (Wildman–Crippen LogP) is 3.57. The van der Waals surface area contributed by atoms with Gasteiger partial charge in [-0.1, -0.05) is 48.5 Å². The van der Waals surface area contributed by atoms with Crippen LogP contribution in [0.15, 0.2) is 54.6 Å². The van der Waals surface area contributed by atoms with Crippen molar-refractivity contribution in [1.82, 2.24) is 0 Å². The second-order valence-electron chi connectivity index (χ2n) is 4.19. The number of nitrogens with two attached hydrogens (primary N) is 1. The molecule has 0 saturated carbocycles. The minimum Gasteiger partial charge on any atom is -0.397 e. The lowest BCUT2D eigenvalue weighted by Gasteiger charge is -2.09. The topological polar surface area (TPSA) is 46.2 Å². The molecule has 1 heterocycles. The number of fused-ring (bicyclic) bond motifs is 1. The van der Waals surface area contributed by atoms with Gasteiger partial charge in [-0.15, -0.1) is 11.3 Å². The van der Waals surface area contributed by atoms with Crippen LogP contribution in [0.5, 0.6) is 0 Å². The summed E-state index contributed by atoms with van der Waals surface area (Å²) >= 11 is 1.55. The molecule has 1 unspecified atom stereocenters. The summed E-state index contributed by atoms with van der Waals surface area (Å²) in [6, 6.07) is 17.6. The number of benzene rings is 2. The molecule has 0 amide bonds. The molecule has 0 aliphatic carbocycles. The van der Waals surface area contributed by atoms with Crippen LogP contribution in [-0.2, 0) is 0 Å². The molecule has 3 heteroatoms. The highest BCUT2D eigenvalue weighted by Gasteiger charge is 2.17. The number of aliphatic hydroxyl groups is 1. The maximum absolute atomic E-state index is 10.4. The minimum atomic E-state index is -0.649. The van der Waals surface area contributed by atoms with Crippen LogP contribution in [0.4, 0.5) is 5.69 Å². The van der Waals surface area contributed by atoms with Crippen LogP contribution in [0.1, 0.15) is 16.5 Å². The van der Waals surface area contributed by atoms with Gasteiger partial charge >= 0.3 is 0 Å². The number of nitrogen functional groups attached to an aromatic ring is 1. The molecule has 0 fully saturated rings. The molecule has 3 aromatic rings. The van der Waals surface area contributed by atoms with Crippen LogP contribution in [0.25, 0.3) is 10.1 Å². The van der Waals surface area contributed by atoms with E-state index in [1.807, 2.05) is 54.6 Å². The second-order valence-corrected chi connectivity index (χ2v) is 5.27. The van der Waals surface area contributed by atoms with Gasteiger partial charge in [0.2, 0.25) is 0 Å². The summed E-state index contributed by atoms with van der Waals surface area (Å²) in [4.78, 5) is 0.822. The Labute approximate surface area is 109 Å². The Balaban J connectivity index is 2.12. The normalized spacial score (nSPS) is 12.7. The maximum Gasteiger partial charge on any atom is 0.115 e. The SMILES string of the molecule is Nc1c(C(O)c2ccccc2)sc2ccccc12. The van der Waals surface area contributed by atoms with Gasteiger partial charge in [0.05, 0.1) is 10.6 Å². The maximum atomic E-state index is 10.4. The van der Waals surface area contributed by atoms with Gasteiger partial charge < -0.3 is 10.8 Å². The van der Waals surface area contributed by atoms with Crippen molar-refractivity contribution < 1.29 is 5.11 Å². The monoisotopic (exact) mass is 255 g/mol. The molecule has 2 nitrogen and oxygen atoms in total. The molecule has 2 aromatic carbocycles. The molecule has 3 N–H and O–H groups in total.